The molecule has 184 valence electrons. The van der Waals surface area contributed by atoms with Crippen LogP contribution in [0.5, 0.6) is 5.75 Å². The molecule has 36 heavy (non-hydrogen) atoms. The van der Waals surface area contributed by atoms with Crippen molar-refractivity contribution in [1.29, 1.82) is 0 Å². The van der Waals surface area contributed by atoms with E-state index >= 15 is 0 Å². The van der Waals surface area contributed by atoms with Gasteiger partial charge in [-0.1, -0.05) is 30.3 Å². The standard InChI is InChI=1S/C28H26IN3O4/c1-3-31(4-2)23-15-12-20(25(17-23)36-18-19-10-13-21(29)14-11-19)16-24-26(33)30-28(35)32(27(24)34)22-8-6-5-7-9-22/h5-17H,3-4,18H2,1-2H3,(H,30,33,35)/b24-16+. The molecular formula is C28H26IN3O4. The first-order chi connectivity index (χ1) is 17.4. The third kappa shape index (κ3) is 5.59. The second-order valence-electron chi connectivity index (χ2n) is 8.10. The monoisotopic (exact) mass is 595 g/mol. The van der Waals surface area contributed by atoms with Crippen LogP contribution in [0.3, 0.4) is 0 Å². The Hall–Kier alpha value is -3.66. The number of barbiturate groups is 1. The molecule has 1 saturated heterocycles. The summed E-state index contributed by atoms with van der Waals surface area (Å²) in [6.45, 7) is 6.12. The lowest BCUT2D eigenvalue weighted by Crippen LogP contribution is -2.54. The molecule has 4 rings (SSSR count). The Morgan fingerprint density at radius 2 is 1.64 bits per heavy atom. The molecule has 7 nitrogen and oxygen atoms in total. The van der Waals surface area contributed by atoms with Gasteiger partial charge in [0.15, 0.2) is 0 Å². The summed E-state index contributed by atoms with van der Waals surface area (Å²) in [5.74, 6) is -0.894. The Balaban J connectivity index is 1.71. The van der Waals surface area contributed by atoms with Crippen molar-refractivity contribution in [2.75, 3.05) is 22.9 Å². The molecule has 0 unspecified atom stereocenters. The minimum absolute atomic E-state index is 0.145. The van der Waals surface area contributed by atoms with Crippen molar-refractivity contribution < 1.29 is 19.1 Å². The van der Waals surface area contributed by atoms with Crippen LogP contribution in [0.25, 0.3) is 6.08 Å². The van der Waals surface area contributed by atoms with Gasteiger partial charge in [0.05, 0.1) is 5.69 Å². The van der Waals surface area contributed by atoms with Crippen LogP contribution in [0.4, 0.5) is 16.2 Å². The lowest BCUT2D eigenvalue weighted by molar-refractivity contribution is -0.122. The minimum atomic E-state index is -0.777. The summed E-state index contributed by atoms with van der Waals surface area (Å²) in [6, 6.07) is 21.4. The second-order valence-corrected chi connectivity index (χ2v) is 9.35. The number of hydrogen-bond acceptors (Lipinski definition) is 5. The zero-order chi connectivity index (χ0) is 25.7. The number of rotatable bonds is 8. The fourth-order valence-electron chi connectivity index (χ4n) is 3.92. The number of urea groups is 1. The van der Waals surface area contributed by atoms with Gasteiger partial charge < -0.3 is 9.64 Å². The van der Waals surface area contributed by atoms with Crippen molar-refractivity contribution in [1.82, 2.24) is 5.32 Å². The molecule has 0 atom stereocenters. The summed E-state index contributed by atoms with van der Waals surface area (Å²) in [6.07, 6.45) is 1.48. The number of amides is 4. The summed E-state index contributed by atoms with van der Waals surface area (Å²) in [7, 11) is 0. The molecule has 3 aromatic rings. The zero-order valence-electron chi connectivity index (χ0n) is 20.0. The van der Waals surface area contributed by atoms with Crippen LogP contribution in [-0.2, 0) is 16.2 Å². The van der Waals surface area contributed by atoms with Crippen LogP contribution < -0.4 is 19.9 Å². The molecule has 0 spiro atoms. The van der Waals surface area contributed by atoms with Crippen LogP contribution in [0.15, 0.2) is 78.4 Å². The third-order valence-electron chi connectivity index (χ3n) is 5.85. The van der Waals surface area contributed by atoms with Crippen molar-refractivity contribution in [3.63, 3.8) is 0 Å². The molecule has 3 aromatic carbocycles. The number of nitrogens with zero attached hydrogens (tertiary/aromatic N) is 2. The quantitative estimate of drug-likeness (QED) is 0.215. The van der Waals surface area contributed by atoms with Gasteiger partial charge in [0.2, 0.25) is 0 Å². The molecule has 0 aliphatic carbocycles. The van der Waals surface area contributed by atoms with Gasteiger partial charge in [-0.3, -0.25) is 14.9 Å². The summed E-state index contributed by atoms with van der Waals surface area (Å²) in [5, 5.41) is 2.27. The summed E-state index contributed by atoms with van der Waals surface area (Å²) in [5.41, 5.74) is 2.77. The van der Waals surface area contributed by atoms with Crippen LogP contribution >= 0.6 is 22.6 Å². The number of imide groups is 2. The Morgan fingerprint density at radius 3 is 2.31 bits per heavy atom. The van der Waals surface area contributed by atoms with Gasteiger partial charge in [0, 0.05) is 34.0 Å². The smallest absolute Gasteiger partial charge is 0.335 e. The highest BCUT2D eigenvalue weighted by Crippen LogP contribution is 2.30. The topological polar surface area (TPSA) is 79.0 Å². The summed E-state index contributed by atoms with van der Waals surface area (Å²) >= 11 is 2.25. The van der Waals surface area contributed by atoms with Crippen molar-refractivity contribution >= 4 is 57.9 Å². The average Bonchev–Trinajstić information content (AvgIpc) is 2.88. The van der Waals surface area contributed by atoms with Gasteiger partial charge in [0.1, 0.15) is 17.9 Å². The fraction of sp³-hybridized carbons (Fsp3) is 0.179. The van der Waals surface area contributed by atoms with Gasteiger partial charge in [0.25, 0.3) is 11.8 Å². The number of carbonyl (C=O) groups is 3. The molecule has 4 amide bonds. The molecule has 0 aromatic heterocycles. The largest absolute Gasteiger partial charge is 0.488 e. The summed E-state index contributed by atoms with van der Waals surface area (Å²) in [4.78, 5) is 41.6. The highest BCUT2D eigenvalue weighted by atomic mass is 127. The molecule has 8 heteroatoms. The fourth-order valence-corrected chi connectivity index (χ4v) is 4.28. The predicted octanol–water partition coefficient (Wildman–Crippen LogP) is 5.38. The number of benzene rings is 3. The molecule has 1 N–H and O–H groups in total. The molecule has 1 heterocycles. The molecule has 0 saturated carbocycles. The van der Waals surface area contributed by atoms with Crippen molar-refractivity contribution in [2.45, 2.75) is 20.5 Å². The number of carbonyl (C=O) groups excluding carboxylic acids is 3. The molecule has 1 fully saturated rings. The van der Waals surface area contributed by atoms with E-state index in [4.69, 9.17) is 4.74 Å². The van der Waals surface area contributed by atoms with Crippen LogP contribution in [0.1, 0.15) is 25.0 Å². The van der Waals surface area contributed by atoms with Crippen LogP contribution in [-0.4, -0.2) is 30.9 Å². The van der Waals surface area contributed by atoms with Gasteiger partial charge in [-0.05, 0) is 84.5 Å². The Bertz CT molecular complexity index is 1300. The Morgan fingerprint density at radius 1 is 0.944 bits per heavy atom. The van der Waals surface area contributed by atoms with E-state index < -0.39 is 17.8 Å². The van der Waals surface area contributed by atoms with Gasteiger partial charge in [-0.25, -0.2) is 9.69 Å². The van der Waals surface area contributed by atoms with E-state index in [1.807, 2.05) is 42.5 Å². The minimum Gasteiger partial charge on any atom is -0.488 e. The van der Waals surface area contributed by atoms with Crippen molar-refractivity contribution in [2.24, 2.45) is 0 Å². The second kappa shape index (κ2) is 11.4. The normalized spacial score (nSPS) is 14.7. The highest BCUT2D eigenvalue weighted by molar-refractivity contribution is 14.1. The zero-order valence-corrected chi connectivity index (χ0v) is 22.2. The van der Waals surface area contributed by atoms with Crippen molar-refractivity contribution in [3.05, 3.63) is 93.1 Å². The number of hydrogen-bond donors (Lipinski definition) is 1. The van der Waals surface area contributed by atoms with Crippen molar-refractivity contribution in [3.8, 4) is 5.75 Å². The molecular weight excluding hydrogens is 569 g/mol. The first-order valence-electron chi connectivity index (χ1n) is 11.6. The first-order valence-corrected chi connectivity index (χ1v) is 12.7. The van der Waals surface area contributed by atoms with E-state index in [2.05, 4.69) is 46.7 Å². The molecule has 0 radical (unpaired) electrons. The van der Waals surface area contributed by atoms with E-state index in [0.717, 1.165) is 32.8 Å². The number of ether oxygens (including phenoxy) is 1. The van der Waals surface area contributed by atoms with Crippen LogP contribution in [0, 0.1) is 3.57 Å². The maximum absolute atomic E-state index is 13.3. The average molecular weight is 595 g/mol. The first kappa shape index (κ1) is 25.4. The molecule has 1 aliphatic rings. The lowest BCUT2D eigenvalue weighted by Gasteiger charge is -2.26. The Kier molecular flexibility index (Phi) is 8.04. The Labute approximate surface area is 223 Å². The van der Waals surface area contributed by atoms with E-state index in [1.165, 1.54) is 6.08 Å². The van der Waals surface area contributed by atoms with Crippen LogP contribution in [0.2, 0.25) is 0 Å². The maximum atomic E-state index is 13.3. The molecule has 1 aliphatic heterocycles. The van der Waals surface area contributed by atoms with E-state index in [0.29, 0.717) is 23.6 Å². The van der Waals surface area contributed by atoms with E-state index in [1.54, 1.807) is 30.3 Å². The number of para-hydroxylation sites is 1. The SMILES string of the molecule is CCN(CC)c1ccc(/C=C2\C(=O)NC(=O)N(c3ccccc3)C2=O)c(OCc2ccc(I)cc2)c1. The third-order valence-corrected chi connectivity index (χ3v) is 6.57. The summed E-state index contributed by atoms with van der Waals surface area (Å²) < 4.78 is 7.32. The molecule has 0 bridgehead atoms. The number of nitrogens with one attached hydrogen (secondary N) is 1. The van der Waals surface area contributed by atoms with Gasteiger partial charge >= 0.3 is 6.03 Å². The van der Waals surface area contributed by atoms with Gasteiger partial charge in [-0.2, -0.15) is 0 Å². The van der Waals surface area contributed by atoms with Gasteiger partial charge in [-0.15, -0.1) is 0 Å². The maximum Gasteiger partial charge on any atom is 0.335 e. The van der Waals surface area contributed by atoms with E-state index in [9.17, 15) is 14.4 Å². The number of anilines is 2. The number of halogens is 1. The van der Waals surface area contributed by atoms with E-state index in [-0.39, 0.29) is 5.57 Å². The lowest BCUT2D eigenvalue weighted by atomic mass is 10.0. The predicted molar refractivity (Wildman–Crippen MR) is 149 cm³/mol. The highest BCUT2D eigenvalue weighted by Gasteiger charge is 2.36.